The van der Waals surface area contributed by atoms with Gasteiger partial charge < -0.3 is 20.3 Å². The van der Waals surface area contributed by atoms with Crippen molar-refractivity contribution < 1.29 is 14.3 Å². The Hall–Kier alpha value is -2.08. The largest absolute Gasteiger partial charge is 0.466 e. The fourth-order valence-corrected chi connectivity index (χ4v) is 3.58. The minimum Gasteiger partial charge on any atom is -0.466 e. The van der Waals surface area contributed by atoms with E-state index in [1.54, 1.807) is 0 Å². The van der Waals surface area contributed by atoms with Crippen molar-refractivity contribution in [1.82, 2.24) is 10.2 Å². The molecule has 156 valence electrons. The van der Waals surface area contributed by atoms with Gasteiger partial charge in [-0.2, -0.15) is 0 Å². The number of rotatable bonds is 10. The molecule has 28 heavy (non-hydrogen) atoms. The summed E-state index contributed by atoms with van der Waals surface area (Å²) in [6, 6.07) is 7.67. The van der Waals surface area contributed by atoms with Crippen molar-refractivity contribution in [2.75, 3.05) is 38.1 Å². The van der Waals surface area contributed by atoms with Gasteiger partial charge in [0.15, 0.2) is 0 Å². The number of hydrogen-bond donors (Lipinski definition) is 2. The number of nitrogens with zero attached hydrogens (tertiary/aromatic N) is 1. The summed E-state index contributed by atoms with van der Waals surface area (Å²) in [7, 11) is 0. The molecule has 1 aliphatic rings. The van der Waals surface area contributed by atoms with Gasteiger partial charge in [0.2, 0.25) is 0 Å². The molecule has 0 saturated carbocycles. The van der Waals surface area contributed by atoms with Crippen molar-refractivity contribution in [2.45, 2.75) is 52.4 Å². The monoisotopic (exact) mass is 389 g/mol. The lowest BCUT2D eigenvalue weighted by atomic mass is 9.97. The van der Waals surface area contributed by atoms with Gasteiger partial charge in [0, 0.05) is 25.2 Å². The van der Waals surface area contributed by atoms with Crippen LogP contribution in [0.2, 0.25) is 0 Å². The van der Waals surface area contributed by atoms with Crippen molar-refractivity contribution in [3.63, 3.8) is 0 Å². The number of ether oxygens (including phenoxy) is 1. The van der Waals surface area contributed by atoms with Gasteiger partial charge in [-0.05, 0) is 70.7 Å². The molecule has 0 spiro atoms. The molecule has 1 aromatic rings. The third-order valence-corrected chi connectivity index (χ3v) is 5.12. The van der Waals surface area contributed by atoms with Gasteiger partial charge in [-0.15, -0.1) is 0 Å². The lowest BCUT2D eigenvalue weighted by molar-refractivity contribution is -0.143. The number of hydrogen-bond acceptors (Lipinski definition) is 4. The highest BCUT2D eigenvalue weighted by Crippen LogP contribution is 2.17. The van der Waals surface area contributed by atoms with Crippen LogP contribution in [-0.2, 0) is 9.53 Å². The molecule has 1 fully saturated rings. The number of unbranched alkanes of at least 4 members (excludes halogenated alkanes) is 2. The second kappa shape index (κ2) is 12.4. The first-order valence-corrected chi connectivity index (χ1v) is 10.6. The first kappa shape index (κ1) is 22.2. The molecule has 2 amide bonds. The van der Waals surface area contributed by atoms with E-state index in [2.05, 4.69) is 15.5 Å². The van der Waals surface area contributed by atoms with E-state index >= 15 is 0 Å². The van der Waals surface area contributed by atoms with Gasteiger partial charge in [-0.1, -0.05) is 24.1 Å². The van der Waals surface area contributed by atoms with Gasteiger partial charge in [0.1, 0.15) is 0 Å². The van der Waals surface area contributed by atoms with Crippen LogP contribution in [0.25, 0.3) is 0 Å². The van der Waals surface area contributed by atoms with Crippen molar-refractivity contribution >= 4 is 17.7 Å². The predicted octanol–water partition coefficient (Wildman–Crippen LogP) is 3.95. The van der Waals surface area contributed by atoms with Gasteiger partial charge in [0.25, 0.3) is 0 Å². The number of aryl methyl sites for hydroxylation is 1. The van der Waals surface area contributed by atoms with E-state index in [9.17, 15) is 9.59 Å². The lowest BCUT2D eigenvalue weighted by Gasteiger charge is -2.32. The summed E-state index contributed by atoms with van der Waals surface area (Å²) < 4.78 is 4.95. The summed E-state index contributed by atoms with van der Waals surface area (Å²) >= 11 is 0. The van der Waals surface area contributed by atoms with Crippen LogP contribution in [-0.4, -0.2) is 49.7 Å². The third-order valence-electron chi connectivity index (χ3n) is 5.12. The van der Waals surface area contributed by atoms with Crippen LogP contribution in [0.5, 0.6) is 0 Å². The predicted molar refractivity (Wildman–Crippen MR) is 112 cm³/mol. The third kappa shape index (κ3) is 8.74. The molecule has 1 saturated heterocycles. The molecule has 6 nitrogen and oxygen atoms in total. The van der Waals surface area contributed by atoms with Crippen LogP contribution >= 0.6 is 0 Å². The zero-order chi connectivity index (χ0) is 20.2. The zero-order valence-electron chi connectivity index (χ0n) is 17.3. The number of anilines is 1. The molecule has 0 aromatic heterocycles. The first-order chi connectivity index (χ1) is 13.6. The summed E-state index contributed by atoms with van der Waals surface area (Å²) in [5.41, 5.74) is 1.99. The molecule has 0 bridgehead atoms. The second-order valence-electron chi connectivity index (χ2n) is 7.63. The maximum atomic E-state index is 12.1. The number of carbonyl (C=O) groups is 2. The van der Waals surface area contributed by atoms with Crippen LogP contribution in [0, 0.1) is 12.8 Å². The van der Waals surface area contributed by atoms with E-state index in [4.69, 9.17) is 4.74 Å². The number of benzene rings is 1. The molecule has 1 aromatic carbocycles. The molecular weight excluding hydrogens is 354 g/mol. The van der Waals surface area contributed by atoms with Crippen LogP contribution in [0.15, 0.2) is 24.3 Å². The zero-order valence-corrected chi connectivity index (χ0v) is 17.3. The Bertz CT molecular complexity index is 604. The fourth-order valence-electron chi connectivity index (χ4n) is 3.58. The smallest absolute Gasteiger partial charge is 0.319 e. The van der Waals surface area contributed by atoms with E-state index in [0.29, 0.717) is 25.5 Å². The number of amides is 2. The Balaban J connectivity index is 1.58. The molecule has 6 heteroatoms. The minimum absolute atomic E-state index is 0.0875. The molecule has 0 radical (unpaired) electrons. The van der Waals surface area contributed by atoms with Gasteiger partial charge in [-0.3, -0.25) is 4.79 Å². The van der Waals surface area contributed by atoms with Gasteiger partial charge in [-0.25, -0.2) is 4.79 Å². The average molecular weight is 390 g/mol. The SMILES string of the molecule is CCOC(=O)CCCCCN1CCCC(CNC(=O)Nc2ccc(C)cc2)C1. The summed E-state index contributed by atoms with van der Waals surface area (Å²) in [6.07, 6.45) is 5.91. The first-order valence-electron chi connectivity index (χ1n) is 10.6. The lowest BCUT2D eigenvalue weighted by Crippen LogP contribution is -2.42. The molecule has 0 aliphatic carbocycles. The molecule has 1 aliphatic heterocycles. The van der Waals surface area contributed by atoms with Crippen LogP contribution in [0.1, 0.15) is 51.0 Å². The highest BCUT2D eigenvalue weighted by Gasteiger charge is 2.20. The van der Waals surface area contributed by atoms with Crippen molar-refractivity contribution in [1.29, 1.82) is 0 Å². The Morgan fingerprint density at radius 1 is 1.18 bits per heavy atom. The van der Waals surface area contributed by atoms with Crippen LogP contribution < -0.4 is 10.6 Å². The maximum Gasteiger partial charge on any atom is 0.319 e. The Kier molecular flexibility index (Phi) is 9.83. The normalized spacial score (nSPS) is 17.1. The van der Waals surface area contributed by atoms with Crippen molar-refractivity contribution in [3.8, 4) is 0 Å². The van der Waals surface area contributed by atoms with E-state index in [1.807, 2.05) is 38.1 Å². The fraction of sp³-hybridized carbons (Fsp3) is 0.636. The van der Waals surface area contributed by atoms with Gasteiger partial charge >= 0.3 is 12.0 Å². The molecule has 2 rings (SSSR count). The maximum absolute atomic E-state index is 12.1. The summed E-state index contributed by atoms with van der Waals surface area (Å²) in [6.45, 7) is 8.26. The van der Waals surface area contributed by atoms with Gasteiger partial charge in [0.05, 0.1) is 6.61 Å². The number of carbonyl (C=O) groups excluding carboxylic acids is 2. The number of urea groups is 1. The van der Waals surface area contributed by atoms with Crippen LogP contribution in [0.4, 0.5) is 10.5 Å². The van der Waals surface area contributed by atoms with E-state index in [-0.39, 0.29) is 12.0 Å². The summed E-state index contributed by atoms with van der Waals surface area (Å²) in [4.78, 5) is 25.9. The Morgan fingerprint density at radius 2 is 1.96 bits per heavy atom. The molecular formula is C22H35N3O3. The molecule has 1 atom stereocenters. The molecule has 1 heterocycles. The summed E-state index contributed by atoms with van der Waals surface area (Å²) in [5.74, 6) is 0.410. The Morgan fingerprint density at radius 3 is 2.71 bits per heavy atom. The van der Waals surface area contributed by atoms with E-state index in [0.717, 1.165) is 51.0 Å². The van der Waals surface area contributed by atoms with Crippen molar-refractivity contribution in [3.05, 3.63) is 29.8 Å². The average Bonchev–Trinajstić information content (AvgIpc) is 2.68. The standard InChI is InChI=1S/C22H35N3O3/c1-3-28-21(26)9-5-4-6-14-25-15-7-8-19(17-25)16-23-22(27)24-20-12-10-18(2)11-13-20/h10-13,19H,3-9,14-17H2,1-2H3,(H2,23,24,27). The summed E-state index contributed by atoms with van der Waals surface area (Å²) in [5, 5.41) is 5.89. The van der Waals surface area contributed by atoms with Crippen LogP contribution in [0.3, 0.4) is 0 Å². The quantitative estimate of drug-likeness (QED) is 0.469. The minimum atomic E-state index is -0.139. The van der Waals surface area contributed by atoms with Crippen molar-refractivity contribution in [2.24, 2.45) is 5.92 Å². The molecule has 1 unspecified atom stereocenters. The molecule has 2 N–H and O–H groups in total. The highest BCUT2D eigenvalue weighted by atomic mass is 16.5. The Labute approximate surface area is 169 Å². The van der Waals surface area contributed by atoms with E-state index < -0.39 is 0 Å². The van der Waals surface area contributed by atoms with E-state index in [1.165, 1.54) is 12.0 Å². The number of likely N-dealkylation sites (tertiary alicyclic amines) is 1. The highest BCUT2D eigenvalue weighted by molar-refractivity contribution is 5.89. The number of nitrogens with one attached hydrogen (secondary N) is 2. The topological polar surface area (TPSA) is 70.7 Å². The number of esters is 1. The second-order valence-corrected chi connectivity index (χ2v) is 7.63. The number of piperidine rings is 1.